The summed E-state index contributed by atoms with van der Waals surface area (Å²) in [6, 6.07) is 0.408. The second-order valence-electron chi connectivity index (χ2n) is 3.61. The van der Waals surface area contributed by atoms with Crippen LogP contribution in [0.25, 0.3) is 0 Å². The lowest BCUT2D eigenvalue weighted by Crippen LogP contribution is -2.30. The van der Waals surface area contributed by atoms with Crippen LogP contribution in [0.15, 0.2) is 4.52 Å². The van der Waals surface area contributed by atoms with Crippen LogP contribution in [0.5, 0.6) is 0 Å². The van der Waals surface area contributed by atoms with E-state index in [2.05, 4.69) is 29.3 Å². The third-order valence-corrected chi connectivity index (χ3v) is 2.35. The highest BCUT2D eigenvalue weighted by Gasteiger charge is 2.12. The Labute approximate surface area is 96.6 Å². The minimum absolute atomic E-state index is 0.408. The molecule has 0 aliphatic carbocycles. The summed E-state index contributed by atoms with van der Waals surface area (Å²) in [7, 11) is 0. The molecule has 0 fully saturated rings. The van der Waals surface area contributed by atoms with Crippen LogP contribution in [0, 0.1) is 0 Å². The van der Waals surface area contributed by atoms with Gasteiger partial charge in [-0.15, -0.1) is 0 Å². The highest BCUT2D eigenvalue weighted by atomic mass is 16.5. The van der Waals surface area contributed by atoms with E-state index in [1.165, 1.54) is 0 Å². The van der Waals surface area contributed by atoms with Gasteiger partial charge in [-0.3, -0.25) is 0 Å². The molecule has 5 heteroatoms. The average molecular weight is 227 g/mol. The summed E-state index contributed by atoms with van der Waals surface area (Å²) in [5.74, 6) is 1.31. The van der Waals surface area contributed by atoms with Gasteiger partial charge in [0.1, 0.15) is 6.61 Å². The Bertz CT molecular complexity index is 289. The molecule has 0 saturated heterocycles. The lowest BCUT2D eigenvalue weighted by atomic mass is 10.1. The highest BCUT2D eigenvalue weighted by Crippen LogP contribution is 2.04. The molecule has 0 aliphatic heterocycles. The van der Waals surface area contributed by atoms with Crippen LogP contribution in [0.2, 0.25) is 0 Å². The summed E-state index contributed by atoms with van der Waals surface area (Å²) in [6.45, 7) is 8.23. The minimum atomic E-state index is 0.408. The molecule has 1 unspecified atom stereocenters. The van der Waals surface area contributed by atoms with E-state index in [1.807, 2.05) is 6.92 Å². The number of likely N-dealkylation sites (N-methyl/N-ethyl adjacent to an activating group) is 1. The van der Waals surface area contributed by atoms with Crippen molar-refractivity contribution in [3.05, 3.63) is 11.7 Å². The highest BCUT2D eigenvalue weighted by molar-refractivity contribution is 4.88. The molecular formula is C11H21N3O2. The number of hydrogen-bond donors (Lipinski definition) is 1. The molecule has 1 heterocycles. The number of ether oxygens (including phenoxy) is 1. The average Bonchev–Trinajstić information content (AvgIpc) is 2.73. The fraction of sp³-hybridized carbons (Fsp3) is 0.818. The molecule has 1 aromatic heterocycles. The normalized spacial score (nSPS) is 12.9. The summed E-state index contributed by atoms with van der Waals surface area (Å²) < 4.78 is 10.4. The summed E-state index contributed by atoms with van der Waals surface area (Å²) in [5.41, 5.74) is 0. The monoisotopic (exact) mass is 227 g/mol. The maximum absolute atomic E-state index is 5.21. The number of nitrogens with one attached hydrogen (secondary N) is 1. The van der Waals surface area contributed by atoms with Gasteiger partial charge in [0, 0.05) is 19.1 Å². The molecular weight excluding hydrogens is 206 g/mol. The van der Waals surface area contributed by atoms with Gasteiger partial charge in [-0.1, -0.05) is 19.0 Å². The zero-order valence-electron chi connectivity index (χ0n) is 10.3. The molecule has 1 atom stereocenters. The first-order chi connectivity index (χ1) is 7.80. The van der Waals surface area contributed by atoms with E-state index in [0.717, 1.165) is 19.4 Å². The standard InChI is InChI=1S/C11H21N3O2/c1-4-9(12-5-2)7-11-13-10(14-16-11)8-15-6-3/h9,12H,4-8H2,1-3H3. The maximum atomic E-state index is 5.21. The van der Waals surface area contributed by atoms with Crippen molar-refractivity contribution in [2.45, 2.75) is 46.3 Å². The van der Waals surface area contributed by atoms with E-state index in [9.17, 15) is 0 Å². The van der Waals surface area contributed by atoms with Crippen LogP contribution in [-0.4, -0.2) is 29.3 Å². The lowest BCUT2D eigenvalue weighted by Gasteiger charge is -2.12. The van der Waals surface area contributed by atoms with Gasteiger partial charge in [0.05, 0.1) is 0 Å². The van der Waals surface area contributed by atoms with Gasteiger partial charge in [0.25, 0.3) is 0 Å². The molecule has 16 heavy (non-hydrogen) atoms. The van der Waals surface area contributed by atoms with Gasteiger partial charge >= 0.3 is 0 Å². The quantitative estimate of drug-likeness (QED) is 0.730. The zero-order chi connectivity index (χ0) is 11.8. The van der Waals surface area contributed by atoms with Gasteiger partial charge < -0.3 is 14.6 Å². The summed E-state index contributed by atoms with van der Waals surface area (Å²) in [6.07, 6.45) is 1.83. The minimum Gasteiger partial charge on any atom is -0.374 e. The van der Waals surface area contributed by atoms with Crippen molar-refractivity contribution < 1.29 is 9.26 Å². The molecule has 0 saturated carbocycles. The first kappa shape index (κ1) is 13.1. The largest absolute Gasteiger partial charge is 0.374 e. The smallest absolute Gasteiger partial charge is 0.228 e. The van der Waals surface area contributed by atoms with Crippen LogP contribution in [0.4, 0.5) is 0 Å². The van der Waals surface area contributed by atoms with Crippen molar-refractivity contribution >= 4 is 0 Å². The number of nitrogens with zero attached hydrogens (tertiary/aromatic N) is 2. The van der Waals surface area contributed by atoms with Gasteiger partial charge in [-0.25, -0.2) is 0 Å². The number of rotatable bonds is 8. The summed E-state index contributed by atoms with van der Waals surface area (Å²) in [4.78, 5) is 4.27. The molecule has 1 rings (SSSR count). The third-order valence-electron chi connectivity index (χ3n) is 2.35. The van der Waals surface area contributed by atoms with Crippen molar-refractivity contribution in [2.75, 3.05) is 13.2 Å². The molecule has 0 radical (unpaired) electrons. The third kappa shape index (κ3) is 4.28. The second kappa shape index (κ2) is 7.35. The Morgan fingerprint density at radius 3 is 2.81 bits per heavy atom. The van der Waals surface area contributed by atoms with Crippen molar-refractivity contribution in [1.29, 1.82) is 0 Å². The van der Waals surface area contributed by atoms with Crippen molar-refractivity contribution in [2.24, 2.45) is 0 Å². The van der Waals surface area contributed by atoms with Gasteiger partial charge in [0.15, 0.2) is 5.82 Å². The second-order valence-corrected chi connectivity index (χ2v) is 3.61. The molecule has 0 aromatic carbocycles. The van der Waals surface area contributed by atoms with E-state index in [4.69, 9.17) is 9.26 Å². The zero-order valence-corrected chi connectivity index (χ0v) is 10.3. The predicted octanol–water partition coefficient (Wildman–Crippen LogP) is 1.54. The van der Waals surface area contributed by atoms with Crippen molar-refractivity contribution in [1.82, 2.24) is 15.5 Å². The van der Waals surface area contributed by atoms with Gasteiger partial charge in [0.2, 0.25) is 5.89 Å². The molecule has 0 amide bonds. The molecule has 0 spiro atoms. The first-order valence-corrected chi connectivity index (χ1v) is 5.92. The SMILES string of the molecule is CCNC(CC)Cc1nc(COCC)no1. The van der Waals surface area contributed by atoms with E-state index >= 15 is 0 Å². The first-order valence-electron chi connectivity index (χ1n) is 5.92. The summed E-state index contributed by atoms with van der Waals surface area (Å²) in [5, 5.41) is 7.24. The number of hydrogen-bond acceptors (Lipinski definition) is 5. The molecule has 92 valence electrons. The molecule has 1 aromatic rings. The lowest BCUT2D eigenvalue weighted by molar-refractivity contribution is 0.126. The fourth-order valence-electron chi connectivity index (χ4n) is 1.49. The summed E-state index contributed by atoms with van der Waals surface area (Å²) >= 11 is 0. The molecule has 5 nitrogen and oxygen atoms in total. The van der Waals surface area contributed by atoms with Crippen molar-refractivity contribution in [3.63, 3.8) is 0 Å². The fourth-order valence-corrected chi connectivity index (χ4v) is 1.49. The molecule has 1 N–H and O–H groups in total. The van der Waals surface area contributed by atoms with E-state index in [1.54, 1.807) is 0 Å². The Balaban J connectivity index is 2.43. The predicted molar refractivity (Wildman–Crippen MR) is 61.1 cm³/mol. The van der Waals surface area contributed by atoms with E-state index in [0.29, 0.717) is 31.0 Å². The topological polar surface area (TPSA) is 60.2 Å². The number of aromatic nitrogens is 2. The maximum Gasteiger partial charge on any atom is 0.228 e. The van der Waals surface area contributed by atoms with E-state index < -0.39 is 0 Å². The van der Waals surface area contributed by atoms with Crippen LogP contribution < -0.4 is 5.32 Å². The molecule has 0 aliphatic rings. The Morgan fingerprint density at radius 1 is 1.38 bits per heavy atom. The van der Waals surface area contributed by atoms with E-state index in [-0.39, 0.29) is 0 Å². The van der Waals surface area contributed by atoms with Crippen LogP contribution in [-0.2, 0) is 17.8 Å². The van der Waals surface area contributed by atoms with Crippen LogP contribution in [0.3, 0.4) is 0 Å². The van der Waals surface area contributed by atoms with Crippen LogP contribution >= 0.6 is 0 Å². The van der Waals surface area contributed by atoms with Crippen molar-refractivity contribution in [3.8, 4) is 0 Å². The van der Waals surface area contributed by atoms with Gasteiger partial charge in [-0.2, -0.15) is 4.98 Å². The Kier molecular flexibility index (Phi) is 6.03. The molecule has 0 bridgehead atoms. The van der Waals surface area contributed by atoms with Crippen LogP contribution in [0.1, 0.15) is 38.9 Å². The Hall–Kier alpha value is -0.940. The Morgan fingerprint density at radius 2 is 2.19 bits per heavy atom. The van der Waals surface area contributed by atoms with Gasteiger partial charge in [-0.05, 0) is 19.9 Å².